The van der Waals surface area contributed by atoms with Crippen LogP contribution in [-0.2, 0) is 13.9 Å². The third-order valence-electron chi connectivity index (χ3n) is 7.63. The van der Waals surface area contributed by atoms with Gasteiger partial charge in [0.15, 0.2) is 8.32 Å². The van der Waals surface area contributed by atoms with Crippen LogP contribution in [0.5, 0.6) is 0 Å². The quantitative estimate of drug-likeness (QED) is 0.119. The number of carbonyl (C=O) groups is 2. The molecule has 0 aliphatic carbocycles. The molecular formula is C34H47ClN2O5SSi. The van der Waals surface area contributed by atoms with Crippen LogP contribution in [0.1, 0.15) is 70.0 Å². The van der Waals surface area contributed by atoms with Gasteiger partial charge < -0.3 is 24.1 Å². The molecule has 44 heavy (non-hydrogen) atoms. The third kappa shape index (κ3) is 10.1. The molecule has 10 heteroatoms. The summed E-state index contributed by atoms with van der Waals surface area (Å²) in [5.74, 6) is -0.351. The minimum atomic E-state index is -2.20. The topological polar surface area (TPSA) is 77.1 Å². The standard InChI is InChI=1S/C34H47ClN2O5SSi/c1-33(2,3)41-32(39)37(23-29(24-13-10-15-26(35)21-24)42-44(8,9)34(4,5)6)19-12-18-36-27-16-11-14-25(22-27)30-28(17-20-43-30)31(38)40-7/h10-11,13-17,20-22,29,36H,12,18-19,23H2,1-9H3/t29-/m1/s1. The Labute approximate surface area is 273 Å². The number of anilines is 1. The average molecular weight is 659 g/mol. The van der Waals surface area contributed by atoms with Gasteiger partial charge in [0.05, 0.1) is 25.3 Å². The summed E-state index contributed by atoms with van der Waals surface area (Å²) < 4.78 is 17.7. The normalized spacial score (nSPS) is 12.9. The number of nitrogens with zero attached hydrogens (tertiary/aromatic N) is 1. The molecule has 0 fully saturated rings. The summed E-state index contributed by atoms with van der Waals surface area (Å²) in [6, 6.07) is 17.4. The molecule has 0 saturated heterocycles. The fraction of sp³-hybridized carbons (Fsp3) is 0.471. The predicted molar refractivity (Wildman–Crippen MR) is 184 cm³/mol. The molecule has 240 valence electrons. The van der Waals surface area contributed by atoms with Crippen LogP contribution >= 0.6 is 22.9 Å². The van der Waals surface area contributed by atoms with Gasteiger partial charge in [0.2, 0.25) is 0 Å². The van der Waals surface area contributed by atoms with Crippen molar-refractivity contribution in [2.24, 2.45) is 0 Å². The maximum absolute atomic E-state index is 13.5. The molecule has 0 saturated carbocycles. The molecule has 7 nitrogen and oxygen atoms in total. The lowest BCUT2D eigenvalue weighted by molar-refractivity contribution is 0.0155. The second-order valence-corrected chi connectivity index (χ2v) is 19.5. The van der Waals surface area contributed by atoms with Gasteiger partial charge in [-0.3, -0.25) is 0 Å². The van der Waals surface area contributed by atoms with Crippen LogP contribution in [0.3, 0.4) is 0 Å². The number of nitrogens with one attached hydrogen (secondary N) is 1. The highest BCUT2D eigenvalue weighted by Crippen LogP contribution is 2.40. The first-order valence-electron chi connectivity index (χ1n) is 14.9. The largest absolute Gasteiger partial charge is 0.465 e. The van der Waals surface area contributed by atoms with E-state index in [1.165, 1.54) is 18.4 Å². The highest BCUT2D eigenvalue weighted by Gasteiger charge is 2.40. The van der Waals surface area contributed by atoms with Crippen LogP contribution in [-0.4, -0.2) is 57.6 Å². The minimum Gasteiger partial charge on any atom is -0.465 e. The van der Waals surface area contributed by atoms with Gasteiger partial charge >= 0.3 is 12.1 Å². The van der Waals surface area contributed by atoms with E-state index in [0.29, 0.717) is 36.6 Å². The lowest BCUT2D eigenvalue weighted by atomic mass is 10.1. The van der Waals surface area contributed by atoms with Crippen molar-refractivity contribution in [3.63, 3.8) is 0 Å². The zero-order valence-electron chi connectivity index (χ0n) is 27.5. The van der Waals surface area contributed by atoms with E-state index >= 15 is 0 Å². The van der Waals surface area contributed by atoms with E-state index in [2.05, 4.69) is 39.2 Å². The Morgan fingerprint density at radius 2 is 1.73 bits per heavy atom. The Hall–Kier alpha value is -2.85. The first-order chi connectivity index (χ1) is 20.5. The number of ether oxygens (including phenoxy) is 2. The van der Waals surface area contributed by atoms with Crippen molar-refractivity contribution in [2.45, 2.75) is 77.8 Å². The van der Waals surface area contributed by atoms with Gasteiger partial charge in [-0.25, -0.2) is 9.59 Å². The second kappa shape index (κ2) is 15.0. The second-order valence-electron chi connectivity index (χ2n) is 13.4. The Morgan fingerprint density at radius 3 is 2.36 bits per heavy atom. The molecule has 0 spiro atoms. The van der Waals surface area contributed by atoms with Crippen molar-refractivity contribution < 1.29 is 23.5 Å². The van der Waals surface area contributed by atoms with Crippen molar-refractivity contribution >= 4 is 49.0 Å². The molecule has 1 aromatic heterocycles. The number of amides is 1. The zero-order chi connectivity index (χ0) is 32.7. The summed E-state index contributed by atoms with van der Waals surface area (Å²) in [4.78, 5) is 28.3. The summed E-state index contributed by atoms with van der Waals surface area (Å²) >= 11 is 7.89. The van der Waals surface area contributed by atoms with E-state index < -0.39 is 13.9 Å². The van der Waals surface area contributed by atoms with Gasteiger partial charge in [-0.15, -0.1) is 11.3 Å². The maximum atomic E-state index is 13.5. The van der Waals surface area contributed by atoms with Crippen LogP contribution in [0.15, 0.2) is 60.0 Å². The molecule has 0 unspecified atom stereocenters. The van der Waals surface area contributed by atoms with Crippen molar-refractivity contribution in [1.29, 1.82) is 0 Å². The number of hydrogen-bond donors (Lipinski definition) is 1. The number of methoxy groups -OCH3 is 1. The monoisotopic (exact) mass is 658 g/mol. The smallest absolute Gasteiger partial charge is 0.410 e. The Bertz CT molecular complexity index is 1410. The van der Waals surface area contributed by atoms with E-state index in [1.807, 2.05) is 74.7 Å². The van der Waals surface area contributed by atoms with Crippen molar-refractivity contribution in [3.05, 3.63) is 76.1 Å². The van der Waals surface area contributed by atoms with Crippen molar-refractivity contribution in [3.8, 4) is 10.4 Å². The molecule has 0 aliphatic heterocycles. The van der Waals surface area contributed by atoms with E-state index in [1.54, 1.807) is 11.0 Å². The molecule has 3 aromatic rings. The molecule has 3 rings (SSSR count). The van der Waals surface area contributed by atoms with Crippen LogP contribution < -0.4 is 5.32 Å². The Morgan fingerprint density at radius 1 is 1.02 bits per heavy atom. The Balaban J connectivity index is 1.77. The molecule has 2 aromatic carbocycles. The van der Waals surface area contributed by atoms with Crippen LogP contribution in [0.25, 0.3) is 10.4 Å². The molecule has 0 radical (unpaired) electrons. The van der Waals surface area contributed by atoms with Crippen LogP contribution in [0.4, 0.5) is 10.5 Å². The van der Waals surface area contributed by atoms with E-state index in [9.17, 15) is 9.59 Å². The maximum Gasteiger partial charge on any atom is 0.410 e. The molecule has 1 atom stereocenters. The molecular weight excluding hydrogens is 612 g/mol. The average Bonchev–Trinajstić information content (AvgIpc) is 3.42. The summed E-state index contributed by atoms with van der Waals surface area (Å²) in [6.45, 7) is 18.1. The predicted octanol–water partition coefficient (Wildman–Crippen LogP) is 9.66. The van der Waals surface area contributed by atoms with Crippen molar-refractivity contribution in [2.75, 3.05) is 32.1 Å². The molecule has 1 N–H and O–H groups in total. The molecule has 1 heterocycles. The fourth-order valence-electron chi connectivity index (χ4n) is 4.31. The highest BCUT2D eigenvalue weighted by atomic mass is 35.5. The number of esters is 1. The number of rotatable bonds is 12. The minimum absolute atomic E-state index is 0.0141. The third-order valence-corrected chi connectivity index (χ3v) is 13.3. The number of halogens is 1. The van der Waals surface area contributed by atoms with Gasteiger partial charge in [-0.1, -0.05) is 56.6 Å². The first kappa shape index (κ1) is 35.6. The van der Waals surface area contributed by atoms with Gasteiger partial charge in [0, 0.05) is 28.7 Å². The lowest BCUT2D eigenvalue weighted by Crippen LogP contribution is -2.46. The summed E-state index contributed by atoms with van der Waals surface area (Å²) in [5, 5.41) is 5.97. The van der Waals surface area contributed by atoms with E-state index in [-0.39, 0.29) is 23.2 Å². The van der Waals surface area contributed by atoms with E-state index in [0.717, 1.165) is 21.7 Å². The SMILES string of the molecule is COC(=O)c1ccsc1-c1cccc(NCCCN(C[C@@H](O[Si](C)(C)C(C)(C)C)c2cccc(Cl)c2)C(=O)OC(C)(C)C)c1. The first-order valence-corrected chi connectivity index (χ1v) is 19.1. The van der Waals surface area contributed by atoms with Gasteiger partial charge in [0.1, 0.15) is 5.60 Å². The summed E-state index contributed by atoms with van der Waals surface area (Å²) in [5.41, 5.74) is 2.72. The van der Waals surface area contributed by atoms with Gasteiger partial charge in [-0.05, 0) is 92.2 Å². The van der Waals surface area contributed by atoms with Crippen molar-refractivity contribution in [1.82, 2.24) is 4.90 Å². The van der Waals surface area contributed by atoms with Gasteiger partial charge in [-0.2, -0.15) is 0 Å². The number of benzene rings is 2. The van der Waals surface area contributed by atoms with Crippen LogP contribution in [0.2, 0.25) is 23.2 Å². The van der Waals surface area contributed by atoms with Gasteiger partial charge in [0.25, 0.3) is 0 Å². The summed E-state index contributed by atoms with van der Waals surface area (Å²) in [7, 11) is -0.815. The van der Waals surface area contributed by atoms with E-state index in [4.69, 9.17) is 25.5 Å². The number of carbonyl (C=O) groups excluding carboxylic acids is 2. The zero-order valence-corrected chi connectivity index (χ0v) is 30.0. The molecule has 0 bridgehead atoms. The molecule has 1 amide bonds. The number of thiophene rings is 1. The van der Waals surface area contributed by atoms with Crippen LogP contribution in [0, 0.1) is 0 Å². The fourth-order valence-corrected chi connectivity index (χ4v) is 6.67. The molecule has 0 aliphatic rings. The Kier molecular flexibility index (Phi) is 12.1. The highest BCUT2D eigenvalue weighted by molar-refractivity contribution is 7.14. The number of hydrogen-bond acceptors (Lipinski definition) is 7. The summed E-state index contributed by atoms with van der Waals surface area (Å²) in [6.07, 6.45) is -0.0574. The lowest BCUT2D eigenvalue weighted by Gasteiger charge is -2.40.